The minimum atomic E-state index is -0.402. The van der Waals surface area contributed by atoms with E-state index >= 15 is 0 Å². The van der Waals surface area contributed by atoms with Gasteiger partial charge in [-0.15, -0.1) is 0 Å². The molecular weight excluding hydrogens is 406 g/mol. The minimum absolute atomic E-state index is 0.0744. The summed E-state index contributed by atoms with van der Waals surface area (Å²) in [5, 5.41) is 8.51. The molecule has 1 aromatic heterocycles. The van der Waals surface area contributed by atoms with E-state index in [2.05, 4.69) is 10.4 Å². The lowest BCUT2D eigenvalue weighted by atomic mass is 9.90. The smallest absolute Gasteiger partial charge is 0.236 e. The molecule has 0 radical (unpaired) electrons. The van der Waals surface area contributed by atoms with E-state index in [1.54, 1.807) is 0 Å². The van der Waals surface area contributed by atoms with Crippen molar-refractivity contribution in [2.45, 2.75) is 26.3 Å². The summed E-state index contributed by atoms with van der Waals surface area (Å²) in [5.74, 6) is -0.476. The van der Waals surface area contributed by atoms with Gasteiger partial charge < -0.3 is 5.32 Å². The van der Waals surface area contributed by atoms with Crippen LogP contribution >= 0.6 is 11.6 Å². The second-order valence-corrected chi connectivity index (χ2v) is 8.01. The summed E-state index contributed by atoms with van der Waals surface area (Å²) in [5.41, 5.74) is 5.47. The average Bonchev–Trinajstić information content (AvgIpc) is 3.04. The summed E-state index contributed by atoms with van der Waals surface area (Å²) in [7, 11) is 0. The predicted molar refractivity (Wildman–Crippen MR) is 126 cm³/mol. The van der Waals surface area contributed by atoms with Gasteiger partial charge in [0.05, 0.1) is 29.5 Å². The molecule has 0 unspecified atom stereocenters. The molecule has 156 valence electrons. The number of rotatable bonds is 6. The van der Waals surface area contributed by atoms with Gasteiger partial charge in [0.1, 0.15) is 0 Å². The number of amides is 1. The summed E-state index contributed by atoms with van der Waals surface area (Å²) in [6.45, 7) is 4.51. The third kappa shape index (κ3) is 4.70. The molecule has 4 rings (SSSR count). The lowest BCUT2D eigenvalue weighted by Crippen LogP contribution is -2.23. The fourth-order valence-corrected chi connectivity index (χ4v) is 3.90. The van der Waals surface area contributed by atoms with Crippen LogP contribution in [0.25, 0.3) is 0 Å². The Hall–Kier alpha value is -3.37. The molecule has 0 aliphatic carbocycles. The van der Waals surface area contributed by atoms with Crippen molar-refractivity contribution in [1.82, 2.24) is 9.78 Å². The molecule has 4 nitrogen and oxygen atoms in total. The minimum Gasteiger partial charge on any atom is -0.322 e. The van der Waals surface area contributed by atoms with Crippen molar-refractivity contribution in [2.75, 3.05) is 5.32 Å². The van der Waals surface area contributed by atoms with Gasteiger partial charge in [-0.05, 0) is 42.7 Å². The zero-order valence-corrected chi connectivity index (χ0v) is 18.3. The normalized spacial score (nSPS) is 11.0. The van der Waals surface area contributed by atoms with Crippen LogP contribution < -0.4 is 5.32 Å². The van der Waals surface area contributed by atoms with Crippen LogP contribution in [-0.4, -0.2) is 15.7 Å². The molecule has 4 aromatic rings. The summed E-state index contributed by atoms with van der Waals surface area (Å²) >= 11 is 5.99. The van der Waals surface area contributed by atoms with Gasteiger partial charge in [-0.25, -0.2) is 0 Å². The van der Waals surface area contributed by atoms with Crippen LogP contribution in [-0.2, 0) is 11.3 Å². The molecule has 0 atom stereocenters. The van der Waals surface area contributed by atoms with E-state index in [0.29, 0.717) is 11.6 Å². The molecule has 0 saturated carbocycles. The van der Waals surface area contributed by atoms with Gasteiger partial charge in [0.2, 0.25) is 5.91 Å². The second kappa shape index (κ2) is 9.19. The molecule has 3 aromatic carbocycles. The van der Waals surface area contributed by atoms with Crippen molar-refractivity contribution in [3.05, 3.63) is 118 Å². The van der Waals surface area contributed by atoms with E-state index < -0.39 is 5.92 Å². The van der Waals surface area contributed by atoms with E-state index in [0.717, 1.165) is 33.8 Å². The number of carbonyl (C=O) groups excluding carboxylic acids is 1. The number of halogens is 1. The van der Waals surface area contributed by atoms with Gasteiger partial charge in [-0.1, -0.05) is 84.4 Å². The molecule has 1 amide bonds. The molecule has 0 aliphatic rings. The number of aryl methyl sites for hydroxylation is 1. The maximum Gasteiger partial charge on any atom is 0.236 e. The highest BCUT2D eigenvalue weighted by Gasteiger charge is 2.24. The monoisotopic (exact) mass is 429 g/mol. The van der Waals surface area contributed by atoms with Gasteiger partial charge in [-0.3, -0.25) is 9.48 Å². The standard InChI is InChI=1S/C26H24ClN3O/c1-18-25(19(2)30(29-18)17-20-13-15-23(27)16-14-20)28-26(31)24(21-9-5-3-6-10-21)22-11-7-4-8-12-22/h3-16,24H,17H2,1-2H3,(H,28,31). The van der Waals surface area contributed by atoms with Crippen LogP contribution in [0.15, 0.2) is 84.9 Å². The van der Waals surface area contributed by atoms with Crippen LogP contribution in [0.3, 0.4) is 0 Å². The number of aromatic nitrogens is 2. The predicted octanol–water partition coefficient (Wildman–Crippen LogP) is 5.97. The Bertz CT molecular complexity index is 1130. The molecule has 0 saturated heterocycles. The molecule has 1 heterocycles. The van der Waals surface area contributed by atoms with Gasteiger partial charge >= 0.3 is 0 Å². The van der Waals surface area contributed by atoms with E-state index in [9.17, 15) is 4.79 Å². The number of nitrogens with one attached hydrogen (secondary N) is 1. The highest BCUT2D eigenvalue weighted by molar-refractivity contribution is 6.30. The topological polar surface area (TPSA) is 46.9 Å². The van der Waals surface area contributed by atoms with Crippen LogP contribution in [0.1, 0.15) is 34.0 Å². The lowest BCUT2D eigenvalue weighted by molar-refractivity contribution is -0.116. The molecule has 0 bridgehead atoms. The van der Waals surface area contributed by atoms with E-state index in [1.165, 1.54) is 0 Å². The molecule has 0 fully saturated rings. The largest absolute Gasteiger partial charge is 0.322 e. The Morgan fingerprint density at radius 3 is 2.00 bits per heavy atom. The van der Waals surface area contributed by atoms with Crippen LogP contribution in [0.2, 0.25) is 5.02 Å². The first-order chi connectivity index (χ1) is 15.0. The summed E-state index contributed by atoms with van der Waals surface area (Å²) in [4.78, 5) is 13.5. The quantitative estimate of drug-likeness (QED) is 0.410. The first kappa shape index (κ1) is 20.9. The number of nitrogens with zero attached hydrogens (tertiary/aromatic N) is 2. The van der Waals surface area contributed by atoms with Gasteiger partial charge in [0.25, 0.3) is 0 Å². The van der Waals surface area contributed by atoms with Crippen LogP contribution in [0.5, 0.6) is 0 Å². The number of benzene rings is 3. The number of carbonyl (C=O) groups is 1. The fourth-order valence-electron chi connectivity index (χ4n) is 3.78. The van der Waals surface area contributed by atoms with Crippen molar-refractivity contribution in [1.29, 1.82) is 0 Å². The zero-order valence-electron chi connectivity index (χ0n) is 17.5. The highest BCUT2D eigenvalue weighted by atomic mass is 35.5. The first-order valence-electron chi connectivity index (χ1n) is 10.2. The number of hydrogen-bond acceptors (Lipinski definition) is 2. The van der Waals surface area contributed by atoms with E-state index in [-0.39, 0.29) is 5.91 Å². The third-order valence-electron chi connectivity index (χ3n) is 5.40. The van der Waals surface area contributed by atoms with Gasteiger partial charge in [0, 0.05) is 5.02 Å². The second-order valence-electron chi connectivity index (χ2n) is 7.57. The Morgan fingerprint density at radius 2 is 1.45 bits per heavy atom. The van der Waals surface area contributed by atoms with Gasteiger partial charge in [-0.2, -0.15) is 5.10 Å². The molecule has 31 heavy (non-hydrogen) atoms. The van der Waals surface area contributed by atoms with Crippen LogP contribution in [0, 0.1) is 13.8 Å². The van der Waals surface area contributed by atoms with Gasteiger partial charge in [0.15, 0.2) is 0 Å². The first-order valence-corrected chi connectivity index (χ1v) is 10.6. The van der Waals surface area contributed by atoms with Crippen molar-refractivity contribution in [2.24, 2.45) is 0 Å². The summed E-state index contributed by atoms with van der Waals surface area (Å²) < 4.78 is 1.91. The van der Waals surface area contributed by atoms with E-state index in [4.69, 9.17) is 11.6 Å². The third-order valence-corrected chi connectivity index (χ3v) is 5.66. The highest BCUT2D eigenvalue weighted by Crippen LogP contribution is 2.28. The lowest BCUT2D eigenvalue weighted by Gasteiger charge is -2.18. The maximum absolute atomic E-state index is 13.5. The Labute approximate surface area is 187 Å². The Morgan fingerprint density at radius 1 is 0.903 bits per heavy atom. The SMILES string of the molecule is Cc1nn(Cc2ccc(Cl)cc2)c(C)c1NC(=O)C(c1ccccc1)c1ccccc1. The summed E-state index contributed by atoms with van der Waals surface area (Å²) in [6.07, 6.45) is 0. The van der Waals surface area contributed by atoms with Crippen molar-refractivity contribution in [3.63, 3.8) is 0 Å². The summed E-state index contributed by atoms with van der Waals surface area (Å²) in [6, 6.07) is 27.4. The number of anilines is 1. The molecular formula is C26H24ClN3O. The maximum atomic E-state index is 13.5. The fraction of sp³-hybridized carbons (Fsp3) is 0.154. The molecule has 1 N–H and O–H groups in total. The van der Waals surface area contributed by atoms with E-state index in [1.807, 2.05) is 103 Å². The Balaban J connectivity index is 1.62. The van der Waals surface area contributed by atoms with Crippen molar-refractivity contribution < 1.29 is 4.79 Å². The average molecular weight is 430 g/mol. The Kier molecular flexibility index (Phi) is 6.19. The zero-order chi connectivity index (χ0) is 21.8. The molecule has 0 aliphatic heterocycles. The van der Waals surface area contributed by atoms with Crippen LogP contribution in [0.4, 0.5) is 5.69 Å². The van der Waals surface area contributed by atoms with Crippen molar-refractivity contribution >= 4 is 23.2 Å². The molecule has 0 spiro atoms. The number of hydrogen-bond donors (Lipinski definition) is 1. The van der Waals surface area contributed by atoms with Crippen molar-refractivity contribution in [3.8, 4) is 0 Å². The molecule has 5 heteroatoms.